The van der Waals surface area contributed by atoms with E-state index >= 15 is 0 Å². The van der Waals surface area contributed by atoms with E-state index in [9.17, 15) is 29.3 Å². The van der Waals surface area contributed by atoms with Gasteiger partial charge in [-0.25, -0.2) is 4.79 Å². The number of nitro benzene ring substituents is 1. The first-order valence-corrected chi connectivity index (χ1v) is 9.84. The van der Waals surface area contributed by atoms with Gasteiger partial charge in [-0.15, -0.1) is 0 Å². The van der Waals surface area contributed by atoms with Gasteiger partial charge < -0.3 is 5.11 Å². The zero-order chi connectivity index (χ0) is 23.7. The van der Waals surface area contributed by atoms with Crippen molar-refractivity contribution in [2.24, 2.45) is 5.92 Å². The number of benzene rings is 3. The van der Waals surface area contributed by atoms with E-state index in [0.717, 1.165) is 4.90 Å². The number of ketones is 2. The van der Waals surface area contributed by atoms with Crippen LogP contribution in [-0.2, 0) is 9.59 Å². The van der Waals surface area contributed by atoms with Crippen LogP contribution in [0.1, 0.15) is 32.3 Å². The fourth-order valence-electron chi connectivity index (χ4n) is 3.89. The minimum absolute atomic E-state index is 0.0134. The maximum absolute atomic E-state index is 13.3. The molecule has 164 valence electrons. The Bertz CT molecular complexity index is 1270. The molecular weight excluding hydrogens is 428 g/mol. The van der Waals surface area contributed by atoms with Crippen molar-refractivity contribution in [2.45, 2.75) is 6.04 Å². The summed E-state index contributed by atoms with van der Waals surface area (Å²) in [5.74, 6) is -4.91. The smallest absolute Gasteiger partial charge is 0.335 e. The molecule has 0 saturated carbocycles. The molecule has 0 radical (unpaired) electrons. The van der Waals surface area contributed by atoms with Crippen LogP contribution < -0.4 is 4.90 Å². The summed E-state index contributed by atoms with van der Waals surface area (Å²) in [7, 11) is 0. The zero-order valence-electron chi connectivity index (χ0n) is 17.0. The number of non-ortho nitro benzene ring substituents is 1. The number of hydrogen-bond acceptors (Lipinski definition) is 6. The average molecular weight is 444 g/mol. The lowest BCUT2D eigenvalue weighted by atomic mass is 9.86. The highest BCUT2D eigenvalue weighted by Crippen LogP contribution is 2.41. The minimum Gasteiger partial charge on any atom is -0.478 e. The molecule has 1 fully saturated rings. The molecule has 1 aliphatic rings. The third-order valence-corrected chi connectivity index (χ3v) is 5.48. The Labute approximate surface area is 187 Å². The van der Waals surface area contributed by atoms with Crippen LogP contribution in [0.3, 0.4) is 0 Å². The van der Waals surface area contributed by atoms with Gasteiger partial charge in [0.2, 0.25) is 5.78 Å². The molecule has 0 aliphatic carbocycles. The van der Waals surface area contributed by atoms with Crippen LogP contribution in [0.15, 0.2) is 78.9 Å². The molecular formula is C24H16N2O7. The van der Waals surface area contributed by atoms with E-state index in [-0.39, 0.29) is 22.5 Å². The fourth-order valence-corrected chi connectivity index (χ4v) is 3.89. The number of rotatable bonds is 6. The number of aromatic carboxylic acids is 1. The van der Waals surface area contributed by atoms with Gasteiger partial charge in [0, 0.05) is 23.4 Å². The van der Waals surface area contributed by atoms with Crippen molar-refractivity contribution in [3.05, 3.63) is 106 Å². The van der Waals surface area contributed by atoms with Gasteiger partial charge in [-0.1, -0.05) is 42.5 Å². The van der Waals surface area contributed by atoms with Gasteiger partial charge in [-0.3, -0.25) is 29.4 Å². The van der Waals surface area contributed by atoms with E-state index in [1.54, 1.807) is 18.2 Å². The molecule has 3 aromatic rings. The third kappa shape index (κ3) is 3.87. The van der Waals surface area contributed by atoms with Gasteiger partial charge in [0.05, 0.1) is 16.5 Å². The minimum atomic E-state index is -1.37. The highest BCUT2D eigenvalue weighted by molar-refractivity contribution is 6.49. The largest absolute Gasteiger partial charge is 0.478 e. The van der Waals surface area contributed by atoms with Crippen molar-refractivity contribution in [1.29, 1.82) is 0 Å². The molecule has 1 aliphatic heterocycles. The second kappa shape index (κ2) is 8.46. The molecule has 1 saturated heterocycles. The molecule has 1 amide bonds. The first-order valence-electron chi connectivity index (χ1n) is 9.84. The van der Waals surface area contributed by atoms with E-state index in [4.69, 9.17) is 5.11 Å². The highest BCUT2D eigenvalue weighted by Gasteiger charge is 2.52. The Kier molecular flexibility index (Phi) is 5.53. The van der Waals surface area contributed by atoms with Gasteiger partial charge >= 0.3 is 5.97 Å². The number of nitro groups is 1. The van der Waals surface area contributed by atoms with Crippen molar-refractivity contribution in [3.63, 3.8) is 0 Å². The molecule has 0 bridgehead atoms. The van der Waals surface area contributed by atoms with E-state index < -0.39 is 40.3 Å². The first kappa shape index (κ1) is 21.6. The number of anilines is 1. The van der Waals surface area contributed by atoms with Crippen molar-refractivity contribution in [1.82, 2.24) is 0 Å². The SMILES string of the molecule is O=C(O)c1ccc(N2C(=O)C(=O)C(C(=O)c3ccccc3)C2c2ccc([N+](=O)[O-])cc2)cc1. The summed E-state index contributed by atoms with van der Waals surface area (Å²) in [6.45, 7) is 0. The van der Waals surface area contributed by atoms with E-state index in [1.807, 2.05) is 0 Å². The maximum atomic E-state index is 13.3. The Balaban J connectivity index is 1.84. The van der Waals surface area contributed by atoms with E-state index in [0.29, 0.717) is 5.56 Å². The Morgan fingerprint density at radius 3 is 2.00 bits per heavy atom. The van der Waals surface area contributed by atoms with Gasteiger partial charge in [0.1, 0.15) is 5.92 Å². The Morgan fingerprint density at radius 2 is 1.45 bits per heavy atom. The molecule has 3 aromatic carbocycles. The predicted octanol–water partition coefficient (Wildman–Crippen LogP) is 3.45. The molecule has 4 rings (SSSR count). The van der Waals surface area contributed by atoms with Crippen molar-refractivity contribution in [2.75, 3.05) is 4.90 Å². The van der Waals surface area contributed by atoms with Crippen molar-refractivity contribution < 1.29 is 29.2 Å². The number of carbonyl (C=O) groups excluding carboxylic acids is 3. The standard InChI is InChI=1S/C24H16N2O7/c27-21(15-4-2-1-3-5-15)19-20(14-6-12-18(13-7-14)26(32)33)25(23(29)22(19)28)17-10-8-16(9-11-17)24(30)31/h1-13,19-20H,(H,30,31). The summed E-state index contributed by atoms with van der Waals surface area (Å²) in [5.41, 5.74) is 0.637. The summed E-state index contributed by atoms with van der Waals surface area (Å²) in [5, 5.41) is 20.2. The van der Waals surface area contributed by atoms with Crippen LogP contribution in [0.2, 0.25) is 0 Å². The summed E-state index contributed by atoms with van der Waals surface area (Å²) in [6.07, 6.45) is 0. The fraction of sp³-hybridized carbons (Fsp3) is 0.0833. The number of carbonyl (C=O) groups is 4. The second-order valence-corrected chi connectivity index (χ2v) is 7.39. The second-order valence-electron chi connectivity index (χ2n) is 7.39. The molecule has 0 aromatic heterocycles. The summed E-state index contributed by atoms with van der Waals surface area (Å²) in [4.78, 5) is 62.1. The Morgan fingerprint density at radius 1 is 0.848 bits per heavy atom. The summed E-state index contributed by atoms with van der Waals surface area (Å²) >= 11 is 0. The van der Waals surface area contributed by atoms with Crippen molar-refractivity contribution >= 4 is 34.8 Å². The number of nitrogens with zero attached hydrogens (tertiary/aromatic N) is 2. The van der Waals surface area contributed by atoms with Crippen LogP contribution >= 0.6 is 0 Å². The molecule has 9 nitrogen and oxygen atoms in total. The number of Topliss-reactive ketones (excluding diaryl/α,β-unsaturated/α-hetero) is 2. The maximum Gasteiger partial charge on any atom is 0.335 e. The first-order chi connectivity index (χ1) is 15.8. The van der Waals surface area contributed by atoms with Gasteiger partial charge in [0.25, 0.3) is 11.6 Å². The van der Waals surface area contributed by atoms with E-state index in [1.165, 1.54) is 60.7 Å². The monoisotopic (exact) mass is 444 g/mol. The van der Waals surface area contributed by atoms with Crippen LogP contribution in [0.4, 0.5) is 11.4 Å². The average Bonchev–Trinajstić information content (AvgIpc) is 3.09. The third-order valence-electron chi connectivity index (χ3n) is 5.48. The molecule has 33 heavy (non-hydrogen) atoms. The predicted molar refractivity (Wildman–Crippen MR) is 116 cm³/mol. The molecule has 1 heterocycles. The van der Waals surface area contributed by atoms with Gasteiger partial charge in [-0.2, -0.15) is 0 Å². The van der Waals surface area contributed by atoms with Gasteiger partial charge in [-0.05, 0) is 29.8 Å². The summed E-state index contributed by atoms with van der Waals surface area (Å²) in [6, 6.07) is 17.6. The lowest BCUT2D eigenvalue weighted by molar-refractivity contribution is -0.384. The normalized spacial score (nSPS) is 17.8. The summed E-state index contributed by atoms with van der Waals surface area (Å²) < 4.78 is 0. The number of hydrogen-bond donors (Lipinski definition) is 1. The lowest BCUT2D eigenvalue weighted by Crippen LogP contribution is -2.30. The van der Waals surface area contributed by atoms with Crippen molar-refractivity contribution in [3.8, 4) is 0 Å². The molecule has 9 heteroatoms. The molecule has 0 spiro atoms. The zero-order valence-corrected chi connectivity index (χ0v) is 17.0. The highest BCUT2D eigenvalue weighted by atomic mass is 16.6. The van der Waals surface area contributed by atoms with Crippen LogP contribution in [0.5, 0.6) is 0 Å². The Hall–Kier alpha value is -4.66. The van der Waals surface area contributed by atoms with Crippen LogP contribution in [0.25, 0.3) is 0 Å². The number of carboxylic acids is 1. The molecule has 2 atom stereocenters. The van der Waals surface area contributed by atoms with E-state index in [2.05, 4.69) is 0 Å². The number of carboxylic acid groups (broad SMARTS) is 1. The lowest BCUT2D eigenvalue weighted by Gasteiger charge is -2.27. The van der Waals surface area contributed by atoms with Crippen LogP contribution in [-0.4, -0.2) is 33.5 Å². The number of amides is 1. The molecule has 1 N–H and O–H groups in total. The van der Waals surface area contributed by atoms with Crippen LogP contribution in [0, 0.1) is 16.0 Å². The quantitative estimate of drug-likeness (QED) is 0.202. The topological polar surface area (TPSA) is 135 Å². The van der Waals surface area contributed by atoms with Gasteiger partial charge in [0.15, 0.2) is 5.78 Å². The molecule has 2 unspecified atom stereocenters.